The Morgan fingerprint density at radius 3 is 1.12 bits per heavy atom. The van der Waals surface area contributed by atoms with Crippen LogP contribution in [0.1, 0.15) is 172 Å². The van der Waals surface area contributed by atoms with Crippen molar-refractivity contribution in [3.05, 3.63) is 276 Å². The van der Waals surface area contributed by atoms with Crippen molar-refractivity contribution in [2.24, 2.45) is 0 Å². The summed E-state index contributed by atoms with van der Waals surface area (Å²) in [5.41, 5.74) is 17.2. The lowest BCUT2D eigenvalue weighted by molar-refractivity contribution is 0.367. The molecule has 8 aliphatic heterocycles. The van der Waals surface area contributed by atoms with Crippen LogP contribution in [-0.4, -0.2) is 90.4 Å². The summed E-state index contributed by atoms with van der Waals surface area (Å²) in [6.45, 7) is 7.37. The van der Waals surface area contributed by atoms with Gasteiger partial charge in [-0.15, -0.1) is 0 Å². The summed E-state index contributed by atoms with van der Waals surface area (Å²) in [5.74, 6) is 2.57. The molecule has 504 valence electrons. The van der Waals surface area contributed by atoms with Crippen molar-refractivity contribution >= 4 is 56.0 Å². The van der Waals surface area contributed by atoms with Gasteiger partial charge in [0.05, 0.1) is 39.3 Å². The molecular weight excluding hydrogens is 1210 g/mol. The van der Waals surface area contributed by atoms with Crippen LogP contribution in [0.4, 0.5) is 23.3 Å². The zero-order valence-corrected chi connectivity index (χ0v) is 57.6. The first-order valence-electron chi connectivity index (χ1n) is 43.2. The predicted molar refractivity (Wildman–Crippen MR) is 414 cm³/mol. The van der Waals surface area contributed by atoms with E-state index in [4.69, 9.17) is 23.3 Å². The molecule has 0 bridgehead atoms. The van der Waals surface area contributed by atoms with E-state index in [-0.39, 0.29) is 24.7 Å². The summed E-state index contributed by atoms with van der Waals surface area (Å²) in [6, 6.07) is 57.3. The van der Waals surface area contributed by atoms with E-state index in [2.05, 4.69) is 173 Å². The minimum Gasteiger partial charge on any atom is -0.358 e. The topological polar surface area (TPSA) is 45.6 Å². The summed E-state index contributed by atoms with van der Waals surface area (Å²) in [7, 11) is 0. The highest BCUT2D eigenvalue weighted by molar-refractivity contribution is 5.97. The van der Waals surface area contributed by atoms with E-state index in [1.54, 1.807) is 49.2 Å². The first-order valence-corrected chi connectivity index (χ1v) is 34.7. The number of benzene rings is 7. The molecule has 0 N–H and O–H groups in total. The number of nitrogens with zero attached hydrogens (tertiary/aromatic N) is 12. The smallest absolute Gasteiger partial charge is 0.123 e. The van der Waals surface area contributed by atoms with Gasteiger partial charge in [-0.05, 0) is 105 Å². The zero-order valence-electron chi connectivity index (χ0n) is 74.6. The molecule has 7 aromatic carbocycles. The Hall–Kier alpha value is -10.2. The Morgan fingerprint density at radius 2 is 0.687 bits per heavy atom. The third kappa shape index (κ3) is 10.3. The minimum absolute atomic E-state index is 0.195. The lowest BCUT2D eigenvalue weighted by Gasteiger charge is -2.28. The fraction of sp³-hybridized carbons (Fsp3) is 0.310. The first kappa shape index (κ1) is 46.9. The fourth-order valence-electron chi connectivity index (χ4n) is 16.4. The number of para-hydroxylation sites is 7. The van der Waals surface area contributed by atoms with E-state index in [0.29, 0.717) is 54.7 Å². The second kappa shape index (κ2) is 25.0. The molecule has 5 unspecified atom stereocenters. The molecule has 12 heteroatoms. The molecule has 19 rings (SSSR count). The number of hydrogen-bond acceptors (Lipinski definition) is 8. The standard InChI is InChI=1S/C25H29N3.2C22H23N3.C18H21N3/c1-16(2)18-10-8-11-19(17(3)4)24(18)28-22-12-7-6-9-20(22)21-15-23-26(5)13-14-27(23)25(21)28;2*1-15(2)16-8-4-6-10-19(16)25-20-11-7-5-9-17(20)18-14-21-23(3)12-13-24(21)22(18)25;1-13(2)15-6-4-5-7-16(15)20-9-8-14-12-17-19(3)10-11-21(17)18(14)20/h6-14,16-17,23H,15H2,1-5H3;2*4-13,15,21H,14H2,1-3H3;4-11,13,17H,12H2,1-3H3/i5D3;3D3,15D;3D3;1D3,3D3,13D. The van der Waals surface area contributed by atoms with Crippen LogP contribution in [0, 0.1) is 0 Å². The maximum Gasteiger partial charge on any atom is 0.123 e. The maximum atomic E-state index is 8.66. The highest BCUT2D eigenvalue weighted by Crippen LogP contribution is 2.50. The second-order valence-corrected chi connectivity index (χ2v) is 28.2. The molecule has 0 radical (unpaired) electrons. The molecule has 8 aliphatic rings. The molecule has 4 aromatic heterocycles. The van der Waals surface area contributed by atoms with Crippen LogP contribution in [0.15, 0.2) is 226 Å². The van der Waals surface area contributed by atoms with Crippen LogP contribution in [0.25, 0.3) is 55.5 Å². The van der Waals surface area contributed by atoms with E-state index in [1.165, 1.54) is 81.8 Å². The Labute approximate surface area is 610 Å². The van der Waals surface area contributed by atoms with Gasteiger partial charge in [-0.2, -0.15) is 0 Å². The second-order valence-electron chi connectivity index (χ2n) is 28.2. The average Bonchev–Trinajstić information content (AvgIpc) is 1.62. The molecule has 0 aliphatic carbocycles. The predicted octanol–water partition coefficient (Wildman–Crippen LogP) is 19.4. The van der Waals surface area contributed by atoms with E-state index < -0.39 is 46.5 Å². The Morgan fingerprint density at radius 1 is 0.333 bits per heavy atom. The fourth-order valence-corrected chi connectivity index (χ4v) is 16.4. The van der Waals surface area contributed by atoms with Crippen LogP contribution in [-0.2, 0) is 25.7 Å². The number of aromatic nitrogens is 4. The van der Waals surface area contributed by atoms with E-state index >= 15 is 0 Å². The normalized spacial score (nSPS) is 22.4. The molecule has 11 aromatic rings. The number of likely N-dealkylation sites (N-methyl/N-ethyl adjacent to an activating group) is 4. The number of anilines is 4. The van der Waals surface area contributed by atoms with Crippen LogP contribution in [0.3, 0.4) is 0 Å². The lowest BCUT2D eigenvalue weighted by Crippen LogP contribution is -2.34. The molecule has 5 atom stereocenters. The number of hydrogen-bond donors (Lipinski definition) is 0. The van der Waals surface area contributed by atoms with Gasteiger partial charge in [0.15, 0.2) is 0 Å². The largest absolute Gasteiger partial charge is 0.358 e. The summed E-state index contributed by atoms with van der Waals surface area (Å²) < 4.78 is 144. The molecular formula is C87H96N12. The number of fused-ring (bicyclic) bond motifs is 18. The highest BCUT2D eigenvalue weighted by atomic mass is 15.5. The third-order valence-electron chi connectivity index (χ3n) is 21.1. The van der Waals surface area contributed by atoms with Crippen molar-refractivity contribution in [2.75, 3.05) is 47.5 Å². The monoisotopic (exact) mass is 1330 g/mol. The molecule has 0 spiro atoms. The van der Waals surface area contributed by atoms with Gasteiger partial charge in [0.25, 0.3) is 0 Å². The molecule has 0 saturated carbocycles. The molecule has 0 fully saturated rings. The van der Waals surface area contributed by atoms with Crippen molar-refractivity contribution in [2.45, 2.75) is 149 Å². The van der Waals surface area contributed by atoms with Gasteiger partial charge < -0.3 is 43.8 Å². The molecule has 0 amide bonds. The van der Waals surface area contributed by atoms with Gasteiger partial charge in [0, 0.05) is 166 Å². The van der Waals surface area contributed by atoms with Gasteiger partial charge in [0.2, 0.25) is 0 Å². The number of rotatable bonds is 9. The van der Waals surface area contributed by atoms with Crippen LogP contribution >= 0.6 is 0 Å². The maximum absolute atomic E-state index is 8.66. The summed E-state index contributed by atoms with van der Waals surface area (Å²) in [5, 5.41) is 3.54. The molecule has 0 saturated heterocycles. The summed E-state index contributed by atoms with van der Waals surface area (Å²) in [6.07, 6.45) is 17.6. The summed E-state index contributed by atoms with van der Waals surface area (Å²) in [4.78, 5) is 14.1. The van der Waals surface area contributed by atoms with E-state index in [9.17, 15) is 0 Å². The molecule has 99 heavy (non-hydrogen) atoms. The Bertz CT molecular complexity index is 5730. The van der Waals surface area contributed by atoms with Crippen molar-refractivity contribution in [3.8, 4) is 22.7 Å². The quantitative estimate of drug-likeness (QED) is 0.142. The van der Waals surface area contributed by atoms with Gasteiger partial charge >= 0.3 is 0 Å². The van der Waals surface area contributed by atoms with Crippen LogP contribution in [0.2, 0.25) is 0 Å². The van der Waals surface area contributed by atoms with E-state index in [0.717, 1.165) is 62.2 Å². The van der Waals surface area contributed by atoms with Gasteiger partial charge in [-0.1, -0.05) is 197 Å². The Balaban J connectivity index is 0.000000116. The minimum atomic E-state index is -2.49. The molecule has 12 heterocycles. The molecule has 12 nitrogen and oxygen atoms in total. The van der Waals surface area contributed by atoms with Crippen molar-refractivity contribution in [1.82, 2.24) is 37.9 Å². The Kier molecular flexibility index (Phi) is 11.8. The highest BCUT2D eigenvalue weighted by Gasteiger charge is 2.43. The van der Waals surface area contributed by atoms with Crippen molar-refractivity contribution in [3.63, 3.8) is 0 Å². The SMILES string of the molecule is [2H]C(C)(C)c1ccccc1-n1c2c(c3ccccc31)CC1N2C=CN1C([2H])([2H])[2H].[2H]C([2H])([2H])N1C=CN2c3c(c4ccccc4n3-c3c(C(C)C)cccc3C(C)C)CC21.[2H]C([2H])([2H])N1C=CN2c3c(c4ccccc4n3-c3ccccc3C(C)C)CC21.[2H]C([2H])([2H])N1C=CN2c3c(ccn3-c3ccccc3C([2H])(C)C([2H])([2H])[2H])CC21. The van der Waals surface area contributed by atoms with Crippen molar-refractivity contribution in [1.29, 1.82) is 0 Å². The van der Waals surface area contributed by atoms with Crippen molar-refractivity contribution < 1.29 is 23.3 Å². The summed E-state index contributed by atoms with van der Waals surface area (Å²) >= 11 is 0. The zero-order chi connectivity index (χ0) is 82.7. The van der Waals surface area contributed by atoms with Gasteiger partial charge in [-0.3, -0.25) is 13.7 Å². The van der Waals surface area contributed by atoms with Crippen LogP contribution in [0.5, 0.6) is 0 Å². The first-order chi connectivity index (χ1) is 54.7. The van der Waals surface area contributed by atoms with Gasteiger partial charge in [0.1, 0.15) is 47.9 Å². The third-order valence-corrected chi connectivity index (χ3v) is 21.1. The average molecular weight is 1330 g/mol. The van der Waals surface area contributed by atoms with E-state index in [1.807, 2.05) is 96.6 Å². The van der Waals surface area contributed by atoms with Gasteiger partial charge in [-0.25, -0.2) is 0 Å². The lowest BCUT2D eigenvalue weighted by atomic mass is 9.92. The van der Waals surface area contributed by atoms with Crippen LogP contribution < -0.4 is 19.6 Å².